The first-order valence-corrected chi connectivity index (χ1v) is 11.1. The molecular weight excluding hydrogens is 430 g/mol. The number of thiophene rings is 1. The first-order chi connectivity index (χ1) is 15.0. The number of anilines is 1. The average molecular weight is 448 g/mol. The van der Waals surface area contributed by atoms with Gasteiger partial charge in [0.25, 0.3) is 11.5 Å². The molecule has 4 rings (SSSR count). The summed E-state index contributed by atoms with van der Waals surface area (Å²) >= 11 is 3.01. The van der Waals surface area contributed by atoms with Gasteiger partial charge in [-0.25, -0.2) is 9.67 Å². The van der Waals surface area contributed by atoms with Gasteiger partial charge in [-0.1, -0.05) is 18.2 Å². The summed E-state index contributed by atoms with van der Waals surface area (Å²) in [6, 6.07) is 13.0. The smallest absolute Gasteiger partial charge is 0.295 e. The van der Waals surface area contributed by atoms with E-state index in [0.29, 0.717) is 17.1 Å². The van der Waals surface area contributed by atoms with Crippen molar-refractivity contribution in [2.45, 2.75) is 6.92 Å². The van der Waals surface area contributed by atoms with Crippen LogP contribution in [0.3, 0.4) is 0 Å². The van der Waals surface area contributed by atoms with Crippen LogP contribution in [0.1, 0.15) is 11.4 Å². The van der Waals surface area contributed by atoms with E-state index in [1.54, 1.807) is 47.5 Å². The molecule has 154 valence electrons. The van der Waals surface area contributed by atoms with Crippen molar-refractivity contribution in [1.29, 1.82) is 5.26 Å². The van der Waals surface area contributed by atoms with E-state index in [1.165, 1.54) is 22.1 Å². The number of hydrogen-bond acceptors (Lipinski definition) is 6. The summed E-state index contributed by atoms with van der Waals surface area (Å²) < 4.78 is 3.13. The van der Waals surface area contributed by atoms with Gasteiger partial charge in [0.05, 0.1) is 17.1 Å². The maximum absolute atomic E-state index is 13.0. The molecular formula is C22H17N5O2S2. The summed E-state index contributed by atoms with van der Waals surface area (Å²) in [5.74, 6) is -0.654. The highest BCUT2D eigenvalue weighted by Crippen LogP contribution is 2.26. The highest BCUT2D eigenvalue weighted by Gasteiger charge is 2.20. The Morgan fingerprint density at radius 3 is 2.68 bits per heavy atom. The Morgan fingerprint density at radius 1 is 1.23 bits per heavy atom. The molecule has 0 unspecified atom stereocenters. The van der Waals surface area contributed by atoms with Crippen LogP contribution in [-0.4, -0.2) is 20.3 Å². The lowest BCUT2D eigenvalue weighted by Gasteiger charge is -2.07. The quantitative estimate of drug-likeness (QED) is 0.366. The summed E-state index contributed by atoms with van der Waals surface area (Å²) in [4.78, 5) is 30.2. The zero-order valence-electron chi connectivity index (χ0n) is 16.7. The van der Waals surface area contributed by atoms with Crippen LogP contribution in [0.4, 0.5) is 5.69 Å². The Balaban J connectivity index is 1.62. The third-order valence-electron chi connectivity index (χ3n) is 4.74. The van der Waals surface area contributed by atoms with Crippen LogP contribution < -0.4 is 10.9 Å². The van der Waals surface area contributed by atoms with Gasteiger partial charge in [-0.2, -0.15) is 16.6 Å². The van der Waals surface area contributed by atoms with E-state index in [0.717, 1.165) is 10.6 Å². The topological polar surface area (TPSA) is 92.7 Å². The third kappa shape index (κ3) is 3.99. The van der Waals surface area contributed by atoms with Crippen molar-refractivity contribution in [3.63, 3.8) is 0 Å². The molecule has 0 aliphatic rings. The van der Waals surface area contributed by atoms with Gasteiger partial charge in [0.15, 0.2) is 0 Å². The van der Waals surface area contributed by atoms with E-state index in [-0.39, 0.29) is 16.8 Å². The van der Waals surface area contributed by atoms with Crippen molar-refractivity contribution in [3.05, 3.63) is 79.9 Å². The van der Waals surface area contributed by atoms with Crippen molar-refractivity contribution in [2.24, 2.45) is 7.05 Å². The summed E-state index contributed by atoms with van der Waals surface area (Å²) in [6.45, 7) is 1.74. The largest absolute Gasteiger partial charge is 0.315 e. The molecule has 0 aliphatic heterocycles. The number of rotatable bonds is 5. The number of para-hydroxylation sites is 1. The number of amides is 1. The van der Waals surface area contributed by atoms with E-state index in [2.05, 4.69) is 10.3 Å². The molecule has 0 aliphatic carbocycles. The molecule has 3 aromatic heterocycles. The van der Waals surface area contributed by atoms with Gasteiger partial charge in [-0.05, 0) is 36.6 Å². The summed E-state index contributed by atoms with van der Waals surface area (Å²) in [7, 11) is 1.74. The number of hydrogen-bond donors (Lipinski definition) is 1. The second-order valence-electron chi connectivity index (χ2n) is 6.65. The highest BCUT2D eigenvalue weighted by atomic mass is 32.1. The minimum absolute atomic E-state index is 0.129. The number of benzene rings is 1. The van der Waals surface area contributed by atoms with E-state index in [9.17, 15) is 14.9 Å². The van der Waals surface area contributed by atoms with Crippen molar-refractivity contribution < 1.29 is 4.79 Å². The normalized spacial score (nSPS) is 11.3. The van der Waals surface area contributed by atoms with E-state index in [4.69, 9.17) is 0 Å². The van der Waals surface area contributed by atoms with E-state index in [1.807, 2.05) is 41.1 Å². The van der Waals surface area contributed by atoms with Gasteiger partial charge in [0.1, 0.15) is 22.3 Å². The predicted octanol–water partition coefficient (Wildman–Crippen LogP) is 4.22. The van der Waals surface area contributed by atoms with Crippen molar-refractivity contribution >= 4 is 40.3 Å². The Hall–Kier alpha value is -3.74. The number of thiazole rings is 1. The predicted molar refractivity (Wildman–Crippen MR) is 123 cm³/mol. The highest BCUT2D eigenvalue weighted by molar-refractivity contribution is 7.14. The molecule has 0 radical (unpaired) electrons. The number of nitrogens with zero attached hydrogens (tertiary/aromatic N) is 4. The van der Waals surface area contributed by atoms with Crippen LogP contribution in [-0.2, 0) is 11.8 Å². The fraction of sp³-hybridized carbons (Fsp3) is 0.0909. The Morgan fingerprint density at radius 2 is 2.00 bits per heavy atom. The van der Waals surface area contributed by atoms with Gasteiger partial charge in [-0.15, -0.1) is 11.3 Å². The first-order valence-electron chi connectivity index (χ1n) is 9.25. The molecule has 0 saturated heterocycles. The maximum atomic E-state index is 13.0. The van der Waals surface area contributed by atoms with E-state index < -0.39 is 5.91 Å². The zero-order chi connectivity index (χ0) is 22.0. The lowest BCUT2D eigenvalue weighted by Crippen LogP contribution is -2.23. The van der Waals surface area contributed by atoms with Crippen LogP contribution in [0.25, 0.3) is 22.3 Å². The van der Waals surface area contributed by atoms with Crippen molar-refractivity contribution in [3.8, 4) is 22.3 Å². The summed E-state index contributed by atoms with van der Waals surface area (Å²) in [5, 5.41) is 18.7. The van der Waals surface area contributed by atoms with Gasteiger partial charge in [0, 0.05) is 23.4 Å². The molecule has 3 heterocycles. The average Bonchev–Trinajstić information content (AvgIpc) is 3.51. The molecule has 1 amide bonds. The van der Waals surface area contributed by atoms with Crippen LogP contribution in [0.2, 0.25) is 0 Å². The molecule has 31 heavy (non-hydrogen) atoms. The molecule has 0 atom stereocenters. The van der Waals surface area contributed by atoms with Gasteiger partial charge in [0.2, 0.25) is 0 Å². The summed E-state index contributed by atoms with van der Waals surface area (Å²) in [5.41, 5.74) is 2.41. The minimum atomic E-state index is -0.654. The maximum Gasteiger partial charge on any atom is 0.295 e. The first kappa shape index (κ1) is 20.5. The number of nitriles is 1. The van der Waals surface area contributed by atoms with Crippen LogP contribution in [0.5, 0.6) is 0 Å². The molecule has 9 heteroatoms. The molecule has 0 bridgehead atoms. The monoisotopic (exact) mass is 447 g/mol. The number of nitrogens with one attached hydrogen (secondary N) is 1. The van der Waals surface area contributed by atoms with Crippen LogP contribution in [0, 0.1) is 18.3 Å². The second-order valence-corrected chi connectivity index (χ2v) is 8.29. The van der Waals surface area contributed by atoms with Crippen molar-refractivity contribution in [1.82, 2.24) is 14.3 Å². The molecule has 1 aromatic carbocycles. The zero-order valence-corrected chi connectivity index (χ0v) is 18.3. The van der Waals surface area contributed by atoms with Crippen LogP contribution >= 0.6 is 22.7 Å². The summed E-state index contributed by atoms with van der Waals surface area (Å²) in [6.07, 6.45) is 1.43. The molecule has 1 N–H and O–H groups in total. The third-order valence-corrected chi connectivity index (χ3v) is 6.33. The number of aromatic nitrogens is 3. The number of carbonyl (C=O) groups excluding carboxylic acids is 1. The van der Waals surface area contributed by atoms with Crippen LogP contribution in [0.15, 0.2) is 62.9 Å². The van der Waals surface area contributed by atoms with Gasteiger partial charge in [-0.3, -0.25) is 14.3 Å². The molecule has 7 nitrogen and oxygen atoms in total. The van der Waals surface area contributed by atoms with E-state index >= 15 is 0 Å². The van der Waals surface area contributed by atoms with Crippen molar-refractivity contribution in [2.75, 3.05) is 5.32 Å². The second kappa shape index (κ2) is 8.55. The SMILES string of the molecule is Cc1c(NC(=O)C(C#N)=Cc2csc(-c3ccsc3)n2)c(=O)n(-c2ccccc2)n1C. The number of carbonyl (C=O) groups is 1. The fourth-order valence-corrected chi connectivity index (χ4v) is 4.55. The Labute approximate surface area is 186 Å². The standard InChI is InChI=1S/C22H17N5O2S2/c1-14-19(22(29)27(26(14)2)18-6-4-3-5-7-18)25-20(28)16(11-23)10-17-13-31-21(24-17)15-8-9-30-12-15/h3-10,12-13H,1-2H3,(H,25,28). The lowest BCUT2D eigenvalue weighted by molar-refractivity contribution is -0.112. The Kier molecular flexibility index (Phi) is 5.66. The molecule has 0 spiro atoms. The molecule has 0 fully saturated rings. The fourth-order valence-electron chi connectivity index (χ4n) is 3.06. The molecule has 0 saturated carbocycles. The Bertz CT molecular complexity index is 1370. The van der Waals surface area contributed by atoms with Gasteiger partial charge >= 0.3 is 0 Å². The minimum Gasteiger partial charge on any atom is -0.315 e. The van der Waals surface area contributed by atoms with Gasteiger partial charge < -0.3 is 5.32 Å². The molecule has 4 aromatic rings. The lowest BCUT2D eigenvalue weighted by atomic mass is 10.2.